The van der Waals surface area contributed by atoms with Gasteiger partial charge in [0.25, 0.3) is 0 Å². The summed E-state index contributed by atoms with van der Waals surface area (Å²) in [7, 11) is 0. The van der Waals surface area contributed by atoms with Crippen LogP contribution in [0.15, 0.2) is 36.5 Å². The third-order valence-corrected chi connectivity index (χ3v) is 4.97. The van der Waals surface area contributed by atoms with Gasteiger partial charge in [0, 0.05) is 18.1 Å². The van der Waals surface area contributed by atoms with Crippen molar-refractivity contribution in [3.8, 4) is 0 Å². The topological polar surface area (TPSA) is 24.9 Å². The Balaban J connectivity index is 1.48. The molecule has 0 aliphatic heterocycles. The number of rotatable bonds is 5. The Morgan fingerprint density at radius 1 is 1.10 bits per heavy atom. The Morgan fingerprint density at radius 3 is 2.71 bits per heavy atom. The van der Waals surface area contributed by atoms with E-state index in [0.29, 0.717) is 0 Å². The second kappa shape index (κ2) is 7.04. The van der Waals surface area contributed by atoms with Gasteiger partial charge in [-0.3, -0.25) is 4.98 Å². The van der Waals surface area contributed by atoms with Gasteiger partial charge in [-0.05, 0) is 55.0 Å². The van der Waals surface area contributed by atoms with Crippen molar-refractivity contribution in [1.82, 2.24) is 10.3 Å². The molecule has 1 N–H and O–H groups in total. The van der Waals surface area contributed by atoms with Crippen LogP contribution in [0, 0.1) is 11.8 Å². The number of hydrogen-bond donors (Lipinski definition) is 1. The lowest BCUT2D eigenvalue weighted by Crippen LogP contribution is -2.26. The van der Waals surface area contributed by atoms with Crippen LogP contribution in [0.5, 0.6) is 0 Å². The maximum atomic E-state index is 4.37. The van der Waals surface area contributed by atoms with Crippen molar-refractivity contribution < 1.29 is 0 Å². The van der Waals surface area contributed by atoms with Gasteiger partial charge in [0.15, 0.2) is 0 Å². The smallest absolute Gasteiger partial charge is 0.0702 e. The normalized spacial score (nSPS) is 22.5. The van der Waals surface area contributed by atoms with Gasteiger partial charge >= 0.3 is 0 Å². The van der Waals surface area contributed by atoms with Crippen LogP contribution in [-0.4, -0.2) is 11.5 Å². The average Bonchev–Trinajstić information content (AvgIpc) is 2.55. The van der Waals surface area contributed by atoms with E-state index in [1.165, 1.54) is 49.6 Å². The largest absolute Gasteiger partial charge is 0.312 e. The molecule has 0 saturated heterocycles. The molecule has 1 saturated carbocycles. The van der Waals surface area contributed by atoms with Crippen molar-refractivity contribution in [2.45, 2.75) is 45.6 Å². The maximum Gasteiger partial charge on any atom is 0.0702 e. The van der Waals surface area contributed by atoms with Gasteiger partial charge in [-0.1, -0.05) is 38.3 Å². The number of pyridine rings is 1. The first kappa shape index (κ1) is 14.5. The van der Waals surface area contributed by atoms with Gasteiger partial charge in [0.2, 0.25) is 0 Å². The molecule has 0 bridgehead atoms. The first-order valence-corrected chi connectivity index (χ1v) is 8.39. The highest BCUT2D eigenvalue weighted by Gasteiger charge is 2.19. The van der Waals surface area contributed by atoms with Crippen LogP contribution in [0.25, 0.3) is 10.9 Å². The summed E-state index contributed by atoms with van der Waals surface area (Å²) in [5.41, 5.74) is 2.44. The molecule has 2 nitrogen and oxygen atoms in total. The lowest BCUT2D eigenvalue weighted by atomic mass is 9.81. The summed E-state index contributed by atoms with van der Waals surface area (Å²) in [4.78, 5) is 4.37. The number of nitrogens with zero attached hydrogens (tertiary/aromatic N) is 1. The van der Waals surface area contributed by atoms with Crippen molar-refractivity contribution in [1.29, 1.82) is 0 Å². The summed E-state index contributed by atoms with van der Waals surface area (Å²) in [6, 6.07) is 10.7. The molecule has 2 aromatic rings. The summed E-state index contributed by atoms with van der Waals surface area (Å²) in [6.45, 7) is 4.47. The zero-order valence-electron chi connectivity index (χ0n) is 13.0. The Kier molecular flexibility index (Phi) is 4.87. The average molecular weight is 282 g/mol. The lowest BCUT2D eigenvalue weighted by Gasteiger charge is -2.27. The molecule has 112 valence electrons. The van der Waals surface area contributed by atoms with Gasteiger partial charge in [-0.25, -0.2) is 0 Å². The van der Waals surface area contributed by atoms with Crippen LogP contribution < -0.4 is 5.32 Å². The SMILES string of the molecule is CCC1CCC(CNCc2ccc3ncccc3c2)CC1. The first-order valence-electron chi connectivity index (χ1n) is 8.39. The number of benzene rings is 1. The van der Waals surface area contributed by atoms with Gasteiger partial charge in [0.1, 0.15) is 0 Å². The predicted octanol–water partition coefficient (Wildman–Crippen LogP) is 4.54. The van der Waals surface area contributed by atoms with E-state index in [1.54, 1.807) is 0 Å². The molecule has 3 rings (SSSR count). The van der Waals surface area contributed by atoms with Crippen LogP contribution in [0.1, 0.15) is 44.6 Å². The van der Waals surface area contributed by atoms with Crippen LogP contribution in [0.2, 0.25) is 0 Å². The zero-order chi connectivity index (χ0) is 14.5. The molecule has 1 fully saturated rings. The summed E-state index contributed by atoms with van der Waals surface area (Å²) >= 11 is 0. The fourth-order valence-electron chi connectivity index (χ4n) is 3.50. The van der Waals surface area contributed by atoms with Gasteiger partial charge < -0.3 is 5.32 Å². The summed E-state index contributed by atoms with van der Waals surface area (Å²) < 4.78 is 0. The van der Waals surface area contributed by atoms with E-state index in [-0.39, 0.29) is 0 Å². The second-order valence-electron chi connectivity index (χ2n) is 6.46. The van der Waals surface area contributed by atoms with E-state index in [2.05, 4.69) is 41.5 Å². The molecule has 0 spiro atoms. The molecular formula is C19H26N2. The molecule has 0 amide bonds. The first-order chi connectivity index (χ1) is 10.3. The monoisotopic (exact) mass is 282 g/mol. The highest BCUT2D eigenvalue weighted by atomic mass is 14.9. The van der Waals surface area contributed by atoms with E-state index in [9.17, 15) is 0 Å². The molecule has 0 atom stereocenters. The molecule has 1 aliphatic carbocycles. The molecule has 0 radical (unpaired) electrons. The predicted molar refractivity (Wildman–Crippen MR) is 89.2 cm³/mol. The van der Waals surface area contributed by atoms with E-state index >= 15 is 0 Å². The number of fused-ring (bicyclic) bond motifs is 1. The highest BCUT2D eigenvalue weighted by molar-refractivity contribution is 5.78. The minimum absolute atomic E-state index is 0.884. The van der Waals surface area contributed by atoms with Crippen molar-refractivity contribution in [2.24, 2.45) is 11.8 Å². The Hall–Kier alpha value is -1.41. The minimum atomic E-state index is 0.884. The number of nitrogens with one attached hydrogen (secondary N) is 1. The van der Waals surface area contributed by atoms with Crippen LogP contribution in [0.4, 0.5) is 0 Å². The van der Waals surface area contributed by atoms with E-state index < -0.39 is 0 Å². The van der Waals surface area contributed by atoms with Crippen LogP contribution >= 0.6 is 0 Å². The molecule has 1 aliphatic rings. The third kappa shape index (κ3) is 3.82. The van der Waals surface area contributed by atoms with Crippen LogP contribution in [-0.2, 0) is 6.54 Å². The van der Waals surface area contributed by atoms with Gasteiger partial charge in [-0.2, -0.15) is 0 Å². The standard InChI is InChI=1S/C19H26N2/c1-2-15-5-7-16(8-6-15)13-20-14-17-9-10-19-18(12-17)4-3-11-21-19/h3-4,9-12,15-16,20H,2,5-8,13-14H2,1H3. The Labute approximate surface area is 128 Å². The van der Waals surface area contributed by atoms with Crippen molar-refractivity contribution in [2.75, 3.05) is 6.54 Å². The van der Waals surface area contributed by atoms with Gasteiger partial charge in [-0.15, -0.1) is 0 Å². The summed E-state index contributed by atoms with van der Waals surface area (Å²) in [5.74, 6) is 1.88. The van der Waals surface area contributed by atoms with Gasteiger partial charge in [0.05, 0.1) is 5.52 Å². The Morgan fingerprint density at radius 2 is 1.90 bits per heavy atom. The summed E-state index contributed by atoms with van der Waals surface area (Å²) in [5, 5.41) is 4.88. The minimum Gasteiger partial charge on any atom is -0.312 e. The van der Waals surface area contributed by atoms with Crippen molar-refractivity contribution in [3.05, 3.63) is 42.1 Å². The molecule has 21 heavy (non-hydrogen) atoms. The molecule has 1 heterocycles. The van der Waals surface area contributed by atoms with E-state index in [1.807, 2.05) is 12.3 Å². The highest BCUT2D eigenvalue weighted by Crippen LogP contribution is 2.30. The molecule has 0 unspecified atom stereocenters. The zero-order valence-corrected chi connectivity index (χ0v) is 13.0. The molecule has 1 aromatic heterocycles. The Bertz CT molecular complexity index is 571. The second-order valence-corrected chi connectivity index (χ2v) is 6.46. The van der Waals surface area contributed by atoms with Crippen LogP contribution in [0.3, 0.4) is 0 Å². The molecule has 2 heteroatoms. The summed E-state index contributed by atoms with van der Waals surface area (Å²) in [6.07, 6.45) is 8.91. The molecule has 1 aromatic carbocycles. The van der Waals surface area contributed by atoms with Crippen molar-refractivity contribution >= 4 is 10.9 Å². The molecular weight excluding hydrogens is 256 g/mol. The quantitative estimate of drug-likeness (QED) is 0.870. The maximum absolute atomic E-state index is 4.37. The van der Waals surface area contributed by atoms with Crippen molar-refractivity contribution in [3.63, 3.8) is 0 Å². The fraction of sp³-hybridized carbons (Fsp3) is 0.526. The lowest BCUT2D eigenvalue weighted by molar-refractivity contribution is 0.262. The third-order valence-electron chi connectivity index (χ3n) is 4.97. The van der Waals surface area contributed by atoms with E-state index in [0.717, 1.165) is 23.9 Å². The number of aromatic nitrogens is 1. The van der Waals surface area contributed by atoms with E-state index in [4.69, 9.17) is 0 Å². The number of hydrogen-bond acceptors (Lipinski definition) is 2. The fourth-order valence-corrected chi connectivity index (χ4v) is 3.50.